The highest BCUT2D eigenvalue weighted by atomic mass is 15.3. The number of pyridine rings is 1. The fourth-order valence-corrected chi connectivity index (χ4v) is 2.27. The standard InChI is InChI=1S/C12H17N5/c1-10-3-2-6-17-11(14-15-12(10)17)9-16-7-4-13-5-8-16/h2-3,6,13H,4-5,7-9H2,1H3. The van der Waals surface area contributed by atoms with E-state index in [1.54, 1.807) is 0 Å². The molecule has 0 spiro atoms. The molecule has 2 aromatic rings. The number of nitrogens with one attached hydrogen (secondary N) is 1. The van der Waals surface area contributed by atoms with Gasteiger partial charge < -0.3 is 5.32 Å². The van der Waals surface area contributed by atoms with Crippen molar-refractivity contribution in [2.24, 2.45) is 0 Å². The lowest BCUT2D eigenvalue weighted by molar-refractivity contribution is 0.227. The van der Waals surface area contributed by atoms with Crippen LogP contribution in [0.4, 0.5) is 0 Å². The minimum absolute atomic E-state index is 0.881. The van der Waals surface area contributed by atoms with Gasteiger partial charge in [0.25, 0.3) is 0 Å². The van der Waals surface area contributed by atoms with Gasteiger partial charge in [-0.1, -0.05) is 6.07 Å². The summed E-state index contributed by atoms with van der Waals surface area (Å²) in [5, 5.41) is 11.9. The molecule has 0 atom stereocenters. The Morgan fingerprint density at radius 3 is 2.94 bits per heavy atom. The van der Waals surface area contributed by atoms with Crippen molar-refractivity contribution in [3.05, 3.63) is 29.7 Å². The molecule has 0 bridgehead atoms. The van der Waals surface area contributed by atoms with Gasteiger partial charge in [0.1, 0.15) is 0 Å². The largest absolute Gasteiger partial charge is 0.314 e. The van der Waals surface area contributed by atoms with Crippen LogP contribution in [-0.2, 0) is 6.54 Å². The Labute approximate surface area is 100 Å². The molecule has 1 saturated heterocycles. The summed E-state index contributed by atoms with van der Waals surface area (Å²) in [4.78, 5) is 2.41. The number of nitrogens with zero attached hydrogens (tertiary/aromatic N) is 4. The molecule has 3 rings (SSSR count). The normalized spacial score (nSPS) is 17.7. The van der Waals surface area contributed by atoms with Crippen molar-refractivity contribution in [1.82, 2.24) is 24.8 Å². The molecule has 0 amide bonds. The topological polar surface area (TPSA) is 45.5 Å². The van der Waals surface area contributed by atoms with Gasteiger partial charge in [-0.25, -0.2) is 0 Å². The Morgan fingerprint density at radius 2 is 2.12 bits per heavy atom. The van der Waals surface area contributed by atoms with Gasteiger partial charge in [0.05, 0.1) is 6.54 Å². The lowest BCUT2D eigenvalue weighted by atomic mass is 10.3. The predicted molar refractivity (Wildman–Crippen MR) is 65.9 cm³/mol. The fourth-order valence-electron chi connectivity index (χ4n) is 2.27. The first-order valence-corrected chi connectivity index (χ1v) is 6.07. The van der Waals surface area contributed by atoms with Crippen LogP contribution >= 0.6 is 0 Å². The van der Waals surface area contributed by atoms with Gasteiger partial charge in [-0.3, -0.25) is 9.30 Å². The lowest BCUT2D eigenvalue weighted by Crippen LogP contribution is -2.43. The van der Waals surface area contributed by atoms with Crippen LogP contribution in [0.5, 0.6) is 0 Å². The Morgan fingerprint density at radius 1 is 1.29 bits per heavy atom. The third-order valence-electron chi connectivity index (χ3n) is 3.28. The predicted octanol–water partition coefficient (Wildman–Crippen LogP) is 0.443. The molecule has 1 fully saturated rings. The van der Waals surface area contributed by atoms with Gasteiger partial charge in [-0.05, 0) is 18.6 Å². The highest BCUT2D eigenvalue weighted by Crippen LogP contribution is 2.10. The molecule has 1 N–H and O–H groups in total. The average Bonchev–Trinajstić information content (AvgIpc) is 2.76. The van der Waals surface area contributed by atoms with E-state index in [1.807, 2.05) is 12.3 Å². The van der Waals surface area contributed by atoms with E-state index >= 15 is 0 Å². The second-order valence-electron chi connectivity index (χ2n) is 4.53. The van der Waals surface area contributed by atoms with Gasteiger partial charge >= 0.3 is 0 Å². The molecule has 90 valence electrons. The minimum atomic E-state index is 0.881. The summed E-state index contributed by atoms with van der Waals surface area (Å²) in [6.07, 6.45) is 2.04. The van der Waals surface area contributed by atoms with Crippen molar-refractivity contribution in [3.63, 3.8) is 0 Å². The van der Waals surface area contributed by atoms with Crippen molar-refractivity contribution in [3.8, 4) is 0 Å². The molecule has 0 radical (unpaired) electrons. The first-order valence-electron chi connectivity index (χ1n) is 6.07. The zero-order valence-corrected chi connectivity index (χ0v) is 10.1. The number of fused-ring (bicyclic) bond motifs is 1. The number of piperazine rings is 1. The Hall–Kier alpha value is -1.46. The van der Waals surface area contributed by atoms with Crippen LogP contribution in [-0.4, -0.2) is 45.7 Å². The first-order chi connectivity index (χ1) is 8.34. The van der Waals surface area contributed by atoms with Crippen LogP contribution in [0.15, 0.2) is 18.3 Å². The maximum Gasteiger partial charge on any atom is 0.163 e. The third-order valence-corrected chi connectivity index (χ3v) is 3.28. The Balaban J connectivity index is 1.87. The second-order valence-corrected chi connectivity index (χ2v) is 4.53. The van der Waals surface area contributed by atoms with Crippen molar-refractivity contribution in [2.75, 3.05) is 26.2 Å². The zero-order valence-electron chi connectivity index (χ0n) is 10.1. The molecule has 2 aromatic heterocycles. The summed E-state index contributed by atoms with van der Waals surface area (Å²) in [5.41, 5.74) is 2.14. The van der Waals surface area contributed by atoms with E-state index in [-0.39, 0.29) is 0 Å². The number of rotatable bonds is 2. The van der Waals surface area contributed by atoms with Crippen LogP contribution in [0.2, 0.25) is 0 Å². The molecule has 1 aliphatic rings. The lowest BCUT2D eigenvalue weighted by Gasteiger charge is -2.26. The van der Waals surface area contributed by atoms with E-state index in [4.69, 9.17) is 0 Å². The molecule has 17 heavy (non-hydrogen) atoms. The summed E-state index contributed by atoms with van der Waals surface area (Å²) in [7, 11) is 0. The van der Waals surface area contributed by atoms with Gasteiger partial charge in [0.2, 0.25) is 0 Å². The maximum absolute atomic E-state index is 4.30. The maximum atomic E-state index is 4.30. The van der Waals surface area contributed by atoms with Gasteiger partial charge in [-0.2, -0.15) is 0 Å². The summed E-state index contributed by atoms with van der Waals surface area (Å²) < 4.78 is 2.09. The van der Waals surface area contributed by atoms with Crippen LogP contribution in [0.25, 0.3) is 5.65 Å². The number of hydrogen-bond acceptors (Lipinski definition) is 4. The number of aryl methyl sites for hydroxylation is 1. The van der Waals surface area contributed by atoms with Crippen molar-refractivity contribution in [2.45, 2.75) is 13.5 Å². The number of hydrogen-bond donors (Lipinski definition) is 1. The van der Waals surface area contributed by atoms with E-state index in [1.165, 1.54) is 5.56 Å². The van der Waals surface area contributed by atoms with E-state index < -0.39 is 0 Å². The quantitative estimate of drug-likeness (QED) is 0.815. The molecule has 5 nitrogen and oxygen atoms in total. The Kier molecular flexibility index (Phi) is 2.78. The molecular formula is C12H17N5. The number of aromatic nitrogens is 3. The summed E-state index contributed by atoms with van der Waals surface area (Å²) >= 11 is 0. The van der Waals surface area contributed by atoms with Crippen molar-refractivity contribution in [1.29, 1.82) is 0 Å². The SMILES string of the molecule is Cc1cccn2c(CN3CCNCC3)nnc12. The van der Waals surface area contributed by atoms with E-state index in [9.17, 15) is 0 Å². The van der Waals surface area contributed by atoms with Crippen LogP contribution in [0.3, 0.4) is 0 Å². The van der Waals surface area contributed by atoms with Crippen molar-refractivity contribution < 1.29 is 0 Å². The highest BCUT2D eigenvalue weighted by Gasteiger charge is 2.14. The second kappa shape index (κ2) is 4.43. The Bertz CT molecular complexity index is 513. The summed E-state index contributed by atoms with van der Waals surface area (Å²) in [6.45, 7) is 7.25. The first kappa shape index (κ1) is 10.7. The summed E-state index contributed by atoms with van der Waals surface area (Å²) in [6, 6.07) is 4.12. The molecule has 0 aromatic carbocycles. The molecule has 0 unspecified atom stereocenters. The smallest absolute Gasteiger partial charge is 0.163 e. The van der Waals surface area contributed by atoms with Crippen molar-refractivity contribution >= 4 is 5.65 Å². The van der Waals surface area contributed by atoms with Gasteiger partial charge in [0.15, 0.2) is 11.5 Å². The average molecular weight is 231 g/mol. The molecule has 1 aliphatic heterocycles. The highest BCUT2D eigenvalue weighted by molar-refractivity contribution is 5.46. The molecule has 3 heterocycles. The zero-order chi connectivity index (χ0) is 11.7. The molecular weight excluding hydrogens is 214 g/mol. The monoisotopic (exact) mass is 231 g/mol. The van der Waals surface area contributed by atoms with Crippen LogP contribution < -0.4 is 5.32 Å². The molecule has 5 heteroatoms. The van der Waals surface area contributed by atoms with Gasteiger partial charge in [-0.15, -0.1) is 10.2 Å². The fraction of sp³-hybridized carbons (Fsp3) is 0.500. The van der Waals surface area contributed by atoms with Gasteiger partial charge in [0, 0.05) is 32.4 Å². The van der Waals surface area contributed by atoms with E-state index in [0.717, 1.165) is 44.2 Å². The van der Waals surface area contributed by atoms with Crippen LogP contribution in [0, 0.1) is 6.92 Å². The molecule has 0 aliphatic carbocycles. The minimum Gasteiger partial charge on any atom is -0.314 e. The third kappa shape index (κ3) is 2.03. The van der Waals surface area contributed by atoms with E-state index in [2.05, 4.69) is 37.8 Å². The van der Waals surface area contributed by atoms with Crippen LogP contribution in [0.1, 0.15) is 11.4 Å². The molecule has 0 saturated carbocycles. The van der Waals surface area contributed by atoms with E-state index in [0.29, 0.717) is 0 Å². The summed E-state index contributed by atoms with van der Waals surface area (Å²) in [5.74, 6) is 1.03.